The van der Waals surface area contributed by atoms with Gasteiger partial charge in [-0.15, -0.1) is 0 Å². The van der Waals surface area contributed by atoms with Gasteiger partial charge in [0.05, 0.1) is 11.4 Å². The Morgan fingerprint density at radius 3 is 2.79 bits per heavy atom. The summed E-state index contributed by atoms with van der Waals surface area (Å²) in [5.41, 5.74) is 6.64. The van der Waals surface area contributed by atoms with Gasteiger partial charge in [0.1, 0.15) is 5.25 Å². The lowest BCUT2D eigenvalue weighted by molar-refractivity contribution is -0.116. The van der Waals surface area contributed by atoms with E-state index in [-0.39, 0.29) is 5.75 Å². The highest BCUT2D eigenvalue weighted by atomic mass is 79.9. The van der Waals surface area contributed by atoms with E-state index in [2.05, 4.69) is 21.2 Å². The van der Waals surface area contributed by atoms with Crippen molar-refractivity contribution in [3.8, 4) is 0 Å². The second-order valence-electron chi connectivity index (χ2n) is 4.58. The van der Waals surface area contributed by atoms with Crippen molar-refractivity contribution in [1.29, 1.82) is 0 Å². The molecule has 19 heavy (non-hydrogen) atoms. The number of nitrogens with one attached hydrogen (secondary N) is 1. The van der Waals surface area contributed by atoms with Gasteiger partial charge in [-0.05, 0) is 47.0 Å². The van der Waals surface area contributed by atoms with Crippen LogP contribution in [0.3, 0.4) is 0 Å². The molecule has 5 nitrogen and oxygen atoms in total. The molecular formula is C12H15BrN2O3S. The van der Waals surface area contributed by atoms with Crippen LogP contribution in [0.15, 0.2) is 22.7 Å². The highest BCUT2D eigenvalue weighted by molar-refractivity contribution is 9.10. The van der Waals surface area contributed by atoms with E-state index < -0.39 is 21.0 Å². The van der Waals surface area contributed by atoms with Gasteiger partial charge in [-0.1, -0.05) is 6.42 Å². The van der Waals surface area contributed by atoms with E-state index in [0.29, 0.717) is 28.7 Å². The van der Waals surface area contributed by atoms with Gasteiger partial charge >= 0.3 is 0 Å². The number of halogens is 1. The highest BCUT2D eigenvalue weighted by Crippen LogP contribution is 2.26. The summed E-state index contributed by atoms with van der Waals surface area (Å²) < 4.78 is 24.4. The van der Waals surface area contributed by atoms with Gasteiger partial charge in [0.2, 0.25) is 5.91 Å². The number of sulfone groups is 1. The molecule has 7 heteroatoms. The molecule has 3 N–H and O–H groups in total. The average molecular weight is 347 g/mol. The van der Waals surface area contributed by atoms with Crippen LogP contribution in [0.25, 0.3) is 0 Å². The molecule has 1 heterocycles. The lowest BCUT2D eigenvalue weighted by Crippen LogP contribution is -2.39. The first kappa shape index (κ1) is 14.3. The third kappa shape index (κ3) is 3.27. The van der Waals surface area contributed by atoms with Crippen LogP contribution < -0.4 is 11.1 Å². The Morgan fingerprint density at radius 1 is 1.37 bits per heavy atom. The molecule has 0 aromatic heterocycles. The molecule has 1 amide bonds. The van der Waals surface area contributed by atoms with Crippen LogP contribution in [0.1, 0.15) is 19.3 Å². The molecule has 104 valence electrons. The molecular weight excluding hydrogens is 332 g/mol. The number of carbonyl (C=O) groups excluding carboxylic acids is 1. The predicted octanol–water partition coefficient (Wildman–Crippen LogP) is 1.94. The fourth-order valence-electron chi connectivity index (χ4n) is 2.10. The second-order valence-corrected chi connectivity index (χ2v) is 7.74. The Bertz CT molecular complexity index is 601. The standard InChI is InChI=1S/C12H15BrN2O3S/c13-9-5-4-8(14)7-10(9)15-12(16)11-3-1-2-6-19(11,17)18/h4-5,7,11H,1-3,6,14H2,(H,15,16). The summed E-state index contributed by atoms with van der Waals surface area (Å²) in [7, 11) is -3.32. The molecule has 1 unspecified atom stereocenters. The maximum absolute atomic E-state index is 12.1. The summed E-state index contributed by atoms with van der Waals surface area (Å²) in [5.74, 6) is -0.394. The number of rotatable bonds is 2. The van der Waals surface area contributed by atoms with Crippen LogP contribution in [-0.4, -0.2) is 25.3 Å². The molecule has 1 saturated heterocycles. The Hall–Kier alpha value is -1.08. The average Bonchev–Trinajstić information content (AvgIpc) is 2.33. The summed E-state index contributed by atoms with van der Waals surface area (Å²) >= 11 is 3.29. The van der Waals surface area contributed by atoms with Crippen molar-refractivity contribution in [2.45, 2.75) is 24.5 Å². The van der Waals surface area contributed by atoms with Crippen LogP contribution >= 0.6 is 15.9 Å². The monoisotopic (exact) mass is 346 g/mol. The number of hydrogen-bond acceptors (Lipinski definition) is 4. The first-order valence-corrected chi connectivity index (χ1v) is 8.48. The van der Waals surface area contributed by atoms with E-state index in [1.54, 1.807) is 18.2 Å². The molecule has 0 radical (unpaired) electrons. The van der Waals surface area contributed by atoms with Gasteiger partial charge in [-0.25, -0.2) is 8.42 Å². The Balaban J connectivity index is 2.19. The molecule has 0 saturated carbocycles. The minimum atomic E-state index is -3.32. The van der Waals surface area contributed by atoms with Crippen molar-refractivity contribution in [2.24, 2.45) is 0 Å². The molecule has 1 aliphatic rings. The van der Waals surface area contributed by atoms with Crippen LogP contribution in [0.5, 0.6) is 0 Å². The van der Waals surface area contributed by atoms with E-state index in [1.165, 1.54) is 0 Å². The molecule has 1 fully saturated rings. The van der Waals surface area contributed by atoms with Crippen molar-refractivity contribution in [3.63, 3.8) is 0 Å². The summed E-state index contributed by atoms with van der Waals surface area (Å²) in [6.45, 7) is 0. The number of benzene rings is 1. The number of anilines is 2. The number of nitrogens with two attached hydrogens (primary N) is 1. The molecule has 0 spiro atoms. The third-order valence-electron chi connectivity index (χ3n) is 3.12. The van der Waals surface area contributed by atoms with E-state index in [0.717, 1.165) is 6.42 Å². The minimum Gasteiger partial charge on any atom is -0.399 e. The summed E-state index contributed by atoms with van der Waals surface area (Å²) in [6.07, 6.45) is 1.78. The molecule has 1 aromatic rings. The van der Waals surface area contributed by atoms with Gasteiger partial charge < -0.3 is 11.1 Å². The highest BCUT2D eigenvalue weighted by Gasteiger charge is 2.34. The van der Waals surface area contributed by atoms with E-state index in [1.807, 2.05) is 0 Å². The van der Waals surface area contributed by atoms with E-state index in [9.17, 15) is 13.2 Å². The lowest BCUT2D eigenvalue weighted by Gasteiger charge is -2.21. The van der Waals surface area contributed by atoms with Crippen LogP contribution in [0.2, 0.25) is 0 Å². The molecule has 2 rings (SSSR count). The molecule has 0 bridgehead atoms. The minimum absolute atomic E-state index is 0.0865. The Morgan fingerprint density at radius 2 is 2.11 bits per heavy atom. The van der Waals surface area contributed by atoms with Gasteiger partial charge in [0, 0.05) is 10.2 Å². The zero-order chi connectivity index (χ0) is 14.0. The van der Waals surface area contributed by atoms with E-state index in [4.69, 9.17) is 5.73 Å². The SMILES string of the molecule is Nc1ccc(Br)c(NC(=O)C2CCCCS2(=O)=O)c1. The molecule has 1 aliphatic heterocycles. The first-order valence-electron chi connectivity index (χ1n) is 5.97. The molecule has 1 aromatic carbocycles. The fourth-order valence-corrected chi connectivity index (χ4v) is 4.25. The number of nitrogen functional groups attached to an aromatic ring is 1. The maximum Gasteiger partial charge on any atom is 0.242 e. The Kier molecular flexibility index (Phi) is 4.15. The first-order chi connectivity index (χ1) is 8.90. The zero-order valence-corrected chi connectivity index (χ0v) is 12.6. The topological polar surface area (TPSA) is 89.3 Å². The van der Waals surface area contributed by atoms with E-state index >= 15 is 0 Å². The second kappa shape index (κ2) is 5.50. The maximum atomic E-state index is 12.1. The summed E-state index contributed by atoms with van der Waals surface area (Å²) in [4.78, 5) is 12.1. The fraction of sp³-hybridized carbons (Fsp3) is 0.417. The smallest absolute Gasteiger partial charge is 0.242 e. The van der Waals surface area contributed by atoms with Crippen LogP contribution in [0.4, 0.5) is 11.4 Å². The van der Waals surface area contributed by atoms with Gasteiger partial charge in [-0.2, -0.15) is 0 Å². The zero-order valence-electron chi connectivity index (χ0n) is 10.2. The van der Waals surface area contributed by atoms with Gasteiger partial charge in [-0.3, -0.25) is 4.79 Å². The number of hydrogen-bond donors (Lipinski definition) is 2. The predicted molar refractivity (Wildman–Crippen MR) is 78.6 cm³/mol. The third-order valence-corrected chi connectivity index (χ3v) is 5.99. The number of carbonyl (C=O) groups is 1. The Labute approximate surface area is 120 Å². The molecule has 1 atom stereocenters. The lowest BCUT2D eigenvalue weighted by atomic mass is 10.2. The van der Waals surface area contributed by atoms with Gasteiger partial charge in [0.25, 0.3) is 0 Å². The quantitative estimate of drug-likeness (QED) is 0.800. The molecule has 0 aliphatic carbocycles. The van der Waals surface area contributed by atoms with Crippen molar-refractivity contribution in [2.75, 3.05) is 16.8 Å². The number of amides is 1. The van der Waals surface area contributed by atoms with Gasteiger partial charge in [0.15, 0.2) is 9.84 Å². The summed E-state index contributed by atoms with van der Waals surface area (Å²) in [6, 6.07) is 4.99. The normalized spacial score (nSPS) is 21.8. The van der Waals surface area contributed by atoms with Crippen molar-refractivity contribution < 1.29 is 13.2 Å². The van der Waals surface area contributed by atoms with Crippen LogP contribution in [0, 0.1) is 0 Å². The van der Waals surface area contributed by atoms with Crippen molar-refractivity contribution in [1.82, 2.24) is 0 Å². The van der Waals surface area contributed by atoms with Crippen LogP contribution in [-0.2, 0) is 14.6 Å². The summed E-state index contributed by atoms with van der Waals surface area (Å²) in [5, 5.41) is 1.68. The largest absolute Gasteiger partial charge is 0.399 e. The van der Waals surface area contributed by atoms with Crippen molar-refractivity contribution in [3.05, 3.63) is 22.7 Å². The van der Waals surface area contributed by atoms with Crippen molar-refractivity contribution >= 4 is 43.0 Å².